The molecule has 0 aliphatic carbocycles. The van der Waals surface area contributed by atoms with Crippen molar-refractivity contribution < 1.29 is 4.84 Å². The van der Waals surface area contributed by atoms with Crippen LogP contribution in [0.2, 0.25) is 0 Å². The van der Waals surface area contributed by atoms with E-state index < -0.39 is 0 Å². The van der Waals surface area contributed by atoms with Gasteiger partial charge in [-0.3, -0.25) is 9.97 Å². The highest BCUT2D eigenvalue weighted by Crippen LogP contribution is 2.29. The van der Waals surface area contributed by atoms with Crippen LogP contribution in [0, 0.1) is 0 Å². The summed E-state index contributed by atoms with van der Waals surface area (Å²) in [4.78, 5) is 13.5. The Hall–Kier alpha value is -2.20. The Labute approximate surface area is 91.6 Å². The summed E-state index contributed by atoms with van der Waals surface area (Å²) in [6.45, 7) is 0. The number of rotatable bonds is 1. The van der Waals surface area contributed by atoms with Crippen molar-refractivity contribution in [1.82, 2.24) is 9.97 Å². The average molecular weight is 211 g/mol. The number of aromatic nitrogens is 2. The highest BCUT2D eigenvalue weighted by molar-refractivity contribution is 6.05. The van der Waals surface area contributed by atoms with E-state index in [1.807, 2.05) is 30.3 Å². The molecule has 2 aromatic heterocycles. The molecule has 0 aliphatic heterocycles. The molecule has 0 amide bonds. The van der Waals surface area contributed by atoms with Gasteiger partial charge in [0.05, 0.1) is 5.52 Å². The smallest absolute Gasteiger partial charge is 0.156 e. The lowest BCUT2D eigenvalue weighted by Crippen LogP contribution is -2.02. The summed E-state index contributed by atoms with van der Waals surface area (Å²) >= 11 is 0. The molecule has 0 unspecified atom stereocenters. The minimum Gasteiger partial charge on any atom is -0.411 e. The van der Waals surface area contributed by atoms with E-state index in [4.69, 9.17) is 10.7 Å². The average Bonchev–Trinajstić information content (AvgIpc) is 2.38. The molecule has 0 saturated heterocycles. The number of hydrogen-bond donors (Lipinski definition) is 1. The molecule has 4 nitrogen and oxygen atoms in total. The van der Waals surface area contributed by atoms with Crippen LogP contribution in [0.5, 0.6) is 5.75 Å². The standard InChI is InChI=1S/C12H9N3O/c13-16-10-7-8-3-1-5-14-11(8)12-9(10)4-2-6-15-12/h1-7H,13H2. The molecular weight excluding hydrogens is 202 g/mol. The largest absolute Gasteiger partial charge is 0.411 e. The second-order valence-electron chi connectivity index (χ2n) is 3.47. The highest BCUT2D eigenvalue weighted by Gasteiger charge is 2.08. The van der Waals surface area contributed by atoms with Gasteiger partial charge in [-0.1, -0.05) is 6.07 Å². The molecule has 0 spiro atoms. The maximum absolute atomic E-state index is 5.26. The zero-order valence-electron chi connectivity index (χ0n) is 8.42. The van der Waals surface area contributed by atoms with Gasteiger partial charge in [-0.05, 0) is 24.3 Å². The van der Waals surface area contributed by atoms with Crippen LogP contribution in [-0.4, -0.2) is 9.97 Å². The summed E-state index contributed by atoms with van der Waals surface area (Å²) < 4.78 is 0. The molecule has 0 aliphatic rings. The molecule has 78 valence electrons. The van der Waals surface area contributed by atoms with Gasteiger partial charge in [0.1, 0.15) is 5.52 Å². The molecule has 3 aromatic rings. The van der Waals surface area contributed by atoms with Crippen LogP contribution in [0.4, 0.5) is 0 Å². The lowest BCUT2D eigenvalue weighted by molar-refractivity contribution is 0.339. The second-order valence-corrected chi connectivity index (χ2v) is 3.47. The highest BCUT2D eigenvalue weighted by atomic mass is 16.6. The van der Waals surface area contributed by atoms with Crippen LogP contribution in [-0.2, 0) is 0 Å². The van der Waals surface area contributed by atoms with Gasteiger partial charge in [0, 0.05) is 23.2 Å². The van der Waals surface area contributed by atoms with Gasteiger partial charge in [0.15, 0.2) is 5.75 Å². The van der Waals surface area contributed by atoms with E-state index in [0.29, 0.717) is 5.75 Å². The summed E-state index contributed by atoms with van der Waals surface area (Å²) in [6, 6.07) is 9.46. The molecule has 16 heavy (non-hydrogen) atoms. The fourth-order valence-electron chi connectivity index (χ4n) is 1.84. The number of fused-ring (bicyclic) bond motifs is 3. The van der Waals surface area contributed by atoms with Crippen molar-refractivity contribution >= 4 is 21.8 Å². The first-order valence-corrected chi connectivity index (χ1v) is 4.89. The molecule has 0 fully saturated rings. The molecule has 4 heteroatoms. The molecular formula is C12H9N3O. The van der Waals surface area contributed by atoms with Crippen molar-refractivity contribution in [1.29, 1.82) is 0 Å². The van der Waals surface area contributed by atoms with Gasteiger partial charge in [-0.25, -0.2) is 0 Å². The van der Waals surface area contributed by atoms with Crippen molar-refractivity contribution in [2.24, 2.45) is 5.90 Å². The Bertz CT molecular complexity index is 667. The number of pyridine rings is 2. The fourth-order valence-corrected chi connectivity index (χ4v) is 1.84. The van der Waals surface area contributed by atoms with E-state index in [1.165, 1.54) is 0 Å². The summed E-state index contributed by atoms with van der Waals surface area (Å²) in [7, 11) is 0. The molecule has 1 aromatic carbocycles. The van der Waals surface area contributed by atoms with Crippen molar-refractivity contribution in [3.63, 3.8) is 0 Å². The second kappa shape index (κ2) is 3.43. The van der Waals surface area contributed by atoms with Crippen molar-refractivity contribution in [3.05, 3.63) is 42.7 Å². The summed E-state index contributed by atoms with van der Waals surface area (Å²) in [5.74, 6) is 5.87. The van der Waals surface area contributed by atoms with Crippen LogP contribution < -0.4 is 10.7 Å². The lowest BCUT2D eigenvalue weighted by atomic mass is 10.1. The topological polar surface area (TPSA) is 61.0 Å². The van der Waals surface area contributed by atoms with Gasteiger partial charge in [0.25, 0.3) is 0 Å². The monoisotopic (exact) mass is 211 g/mol. The van der Waals surface area contributed by atoms with Gasteiger partial charge < -0.3 is 4.84 Å². The van der Waals surface area contributed by atoms with Gasteiger partial charge in [-0.2, -0.15) is 5.90 Å². The molecule has 0 atom stereocenters. The van der Waals surface area contributed by atoms with E-state index in [0.717, 1.165) is 21.8 Å². The van der Waals surface area contributed by atoms with Crippen LogP contribution in [0.25, 0.3) is 21.8 Å². The Morgan fingerprint density at radius 3 is 2.56 bits per heavy atom. The molecule has 2 N–H and O–H groups in total. The van der Waals surface area contributed by atoms with E-state index in [1.54, 1.807) is 12.4 Å². The van der Waals surface area contributed by atoms with Crippen LogP contribution >= 0.6 is 0 Å². The quantitative estimate of drug-likeness (QED) is 0.494. The molecule has 0 saturated carbocycles. The fraction of sp³-hybridized carbons (Fsp3) is 0. The third-order valence-electron chi connectivity index (χ3n) is 2.55. The Kier molecular flexibility index (Phi) is 1.94. The first-order valence-electron chi connectivity index (χ1n) is 4.89. The number of nitrogens with zero attached hydrogens (tertiary/aromatic N) is 2. The predicted octanol–water partition coefficient (Wildman–Crippen LogP) is 2.04. The normalized spacial score (nSPS) is 10.8. The van der Waals surface area contributed by atoms with E-state index in [2.05, 4.69) is 9.97 Å². The molecule has 0 bridgehead atoms. The van der Waals surface area contributed by atoms with Crippen LogP contribution in [0.15, 0.2) is 42.7 Å². The molecule has 3 rings (SSSR count). The van der Waals surface area contributed by atoms with Crippen LogP contribution in [0.3, 0.4) is 0 Å². The minimum absolute atomic E-state index is 0.614. The van der Waals surface area contributed by atoms with Gasteiger partial charge in [-0.15, -0.1) is 0 Å². The van der Waals surface area contributed by atoms with Crippen molar-refractivity contribution in [3.8, 4) is 5.75 Å². The maximum atomic E-state index is 5.26. The summed E-state index contributed by atoms with van der Waals surface area (Å²) in [5.41, 5.74) is 1.67. The zero-order chi connectivity index (χ0) is 11.0. The van der Waals surface area contributed by atoms with E-state index in [9.17, 15) is 0 Å². The predicted molar refractivity (Wildman–Crippen MR) is 61.9 cm³/mol. The third kappa shape index (κ3) is 1.20. The van der Waals surface area contributed by atoms with Crippen molar-refractivity contribution in [2.75, 3.05) is 0 Å². The van der Waals surface area contributed by atoms with Crippen LogP contribution in [0.1, 0.15) is 0 Å². The van der Waals surface area contributed by atoms with Gasteiger partial charge >= 0.3 is 0 Å². The third-order valence-corrected chi connectivity index (χ3v) is 2.55. The maximum Gasteiger partial charge on any atom is 0.156 e. The summed E-state index contributed by atoms with van der Waals surface area (Å²) in [6.07, 6.45) is 3.48. The van der Waals surface area contributed by atoms with Crippen molar-refractivity contribution in [2.45, 2.75) is 0 Å². The number of hydrogen-bond acceptors (Lipinski definition) is 4. The Morgan fingerprint density at radius 2 is 1.75 bits per heavy atom. The van der Waals surface area contributed by atoms with E-state index in [-0.39, 0.29) is 0 Å². The SMILES string of the molecule is NOc1cc2cccnc2c2ncccc12. The van der Waals surface area contributed by atoms with E-state index >= 15 is 0 Å². The Balaban J connectivity index is 2.57. The lowest BCUT2D eigenvalue weighted by Gasteiger charge is -2.06. The first kappa shape index (κ1) is 9.06. The van der Waals surface area contributed by atoms with Gasteiger partial charge in [0.2, 0.25) is 0 Å². The Morgan fingerprint density at radius 1 is 1.00 bits per heavy atom. The summed E-state index contributed by atoms with van der Waals surface area (Å²) in [5, 5.41) is 1.84. The minimum atomic E-state index is 0.614. The zero-order valence-corrected chi connectivity index (χ0v) is 8.42. The number of benzene rings is 1. The molecule has 0 radical (unpaired) electrons. The molecule has 2 heterocycles. The number of nitrogens with two attached hydrogens (primary N) is 1. The first-order chi connectivity index (χ1) is 7.90.